The van der Waals surface area contributed by atoms with Crippen molar-refractivity contribution in [3.63, 3.8) is 0 Å². The molecule has 23 heavy (non-hydrogen) atoms. The zero-order valence-corrected chi connectivity index (χ0v) is 14.5. The zero-order chi connectivity index (χ0) is 17.0. The van der Waals surface area contributed by atoms with Crippen LogP contribution in [0.4, 0.5) is 0 Å². The standard InChI is InChI=1S/C17H21NO4S/c1-13(14-8-6-5-7-9-14)18(2)23(19,20)15-10-11-16(21-3)17(12-15)22-4/h5-13H,1-4H3/t13-/m0/s1. The topological polar surface area (TPSA) is 55.8 Å². The molecule has 0 aliphatic heterocycles. The van der Waals surface area contributed by atoms with E-state index < -0.39 is 10.0 Å². The minimum atomic E-state index is -3.65. The highest BCUT2D eigenvalue weighted by Crippen LogP contribution is 2.32. The first kappa shape index (κ1) is 17.3. The van der Waals surface area contributed by atoms with E-state index in [1.807, 2.05) is 37.3 Å². The van der Waals surface area contributed by atoms with Crippen molar-refractivity contribution >= 4 is 10.0 Å². The molecule has 0 unspecified atom stereocenters. The van der Waals surface area contributed by atoms with Crippen molar-refractivity contribution in [2.75, 3.05) is 21.3 Å². The van der Waals surface area contributed by atoms with Gasteiger partial charge in [-0.1, -0.05) is 30.3 Å². The van der Waals surface area contributed by atoms with Crippen LogP contribution in [0.2, 0.25) is 0 Å². The molecular weight excluding hydrogens is 314 g/mol. The van der Waals surface area contributed by atoms with E-state index >= 15 is 0 Å². The maximum absolute atomic E-state index is 12.8. The van der Waals surface area contributed by atoms with E-state index in [0.29, 0.717) is 11.5 Å². The third-order valence-electron chi connectivity index (χ3n) is 3.86. The fourth-order valence-corrected chi connectivity index (χ4v) is 3.66. The molecule has 0 amide bonds. The SMILES string of the molecule is COc1ccc(S(=O)(=O)N(C)[C@@H](C)c2ccccc2)cc1OC. The average Bonchev–Trinajstić information content (AvgIpc) is 2.60. The first-order valence-corrected chi connectivity index (χ1v) is 8.60. The third-order valence-corrected chi connectivity index (χ3v) is 5.78. The summed E-state index contributed by atoms with van der Waals surface area (Å²) in [5.41, 5.74) is 0.930. The number of rotatable bonds is 6. The average molecular weight is 335 g/mol. The van der Waals surface area contributed by atoms with Gasteiger partial charge in [-0.25, -0.2) is 8.42 Å². The Morgan fingerprint density at radius 1 is 0.957 bits per heavy atom. The van der Waals surface area contributed by atoms with Gasteiger partial charge in [0.15, 0.2) is 11.5 Å². The Kier molecular flexibility index (Phi) is 5.28. The van der Waals surface area contributed by atoms with Crippen LogP contribution in [0.25, 0.3) is 0 Å². The van der Waals surface area contributed by atoms with Crippen molar-refractivity contribution in [2.45, 2.75) is 17.9 Å². The highest BCUT2D eigenvalue weighted by molar-refractivity contribution is 7.89. The lowest BCUT2D eigenvalue weighted by atomic mass is 10.1. The van der Waals surface area contributed by atoms with Crippen molar-refractivity contribution in [3.8, 4) is 11.5 Å². The van der Waals surface area contributed by atoms with Crippen LogP contribution in [-0.2, 0) is 10.0 Å². The molecule has 0 heterocycles. The first-order valence-electron chi connectivity index (χ1n) is 7.16. The summed E-state index contributed by atoms with van der Waals surface area (Å²) in [6.07, 6.45) is 0. The van der Waals surface area contributed by atoms with Crippen molar-refractivity contribution in [1.82, 2.24) is 4.31 Å². The Bertz CT molecular complexity index is 759. The summed E-state index contributed by atoms with van der Waals surface area (Å²) < 4.78 is 37.4. The van der Waals surface area contributed by atoms with Gasteiger partial charge in [-0.3, -0.25) is 0 Å². The number of ether oxygens (including phenoxy) is 2. The van der Waals surface area contributed by atoms with Crippen LogP contribution in [0.5, 0.6) is 11.5 Å². The van der Waals surface area contributed by atoms with Gasteiger partial charge < -0.3 is 9.47 Å². The first-order chi connectivity index (χ1) is 10.9. The van der Waals surface area contributed by atoms with Crippen LogP contribution in [0.1, 0.15) is 18.5 Å². The predicted molar refractivity (Wildman–Crippen MR) is 89.4 cm³/mol. The number of methoxy groups -OCH3 is 2. The summed E-state index contributed by atoms with van der Waals surface area (Å²) in [4.78, 5) is 0.167. The molecule has 0 aliphatic carbocycles. The van der Waals surface area contributed by atoms with E-state index in [4.69, 9.17) is 9.47 Å². The summed E-state index contributed by atoms with van der Waals surface area (Å²) >= 11 is 0. The van der Waals surface area contributed by atoms with Crippen molar-refractivity contribution in [2.24, 2.45) is 0 Å². The molecule has 2 aromatic carbocycles. The van der Waals surface area contributed by atoms with Crippen LogP contribution in [0.3, 0.4) is 0 Å². The van der Waals surface area contributed by atoms with E-state index in [2.05, 4.69) is 0 Å². The number of hydrogen-bond acceptors (Lipinski definition) is 4. The predicted octanol–water partition coefficient (Wildman–Crippen LogP) is 3.09. The molecule has 0 fully saturated rings. The second-order valence-electron chi connectivity index (χ2n) is 5.12. The molecule has 5 nitrogen and oxygen atoms in total. The van der Waals surface area contributed by atoms with E-state index in [0.717, 1.165) is 5.56 Å². The van der Waals surface area contributed by atoms with Gasteiger partial charge in [-0.15, -0.1) is 0 Å². The minimum Gasteiger partial charge on any atom is -0.493 e. The Balaban J connectivity index is 2.38. The Hall–Kier alpha value is -2.05. The molecule has 0 bridgehead atoms. The molecule has 0 aliphatic rings. The van der Waals surface area contributed by atoms with E-state index in [1.165, 1.54) is 30.7 Å². The highest BCUT2D eigenvalue weighted by atomic mass is 32.2. The Morgan fingerprint density at radius 2 is 1.57 bits per heavy atom. The van der Waals surface area contributed by atoms with E-state index in [9.17, 15) is 8.42 Å². The molecule has 0 radical (unpaired) electrons. The largest absolute Gasteiger partial charge is 0.493 e. The van der Waals surface area contributed by atoms with Gasteiger partial charge in [-0.05, 0) is 24.6 Å². The van der Waals surface area contributed by atoms with Gasteiger partial charge in [0, 0.05) is 19.2 Å². The number of nitrogens with zero attached hydrogens (tertiary/aromatic N) is 1. The quantitative estimate of drug-likeness (QED) is 0.814. The second-order valence-corrected chi connectivity index (χ2v) is 7.12. The fourth-order valence-electron chi connectivity index (χ4n) is 2.29. The molecule has 0 saturated heterocycles. The van der Waals surface area contributed by atoms with Crippen LogP contribution in [-0.4, -0.2) is 34.0 Å². The third kappa shape index (κ3) is 3.48. The Morgan fingerprint density at radius 3 is 2.13 bits per heavy atom. The van der Waals surface area contributed by atoms with Crippen LogP contribution >= 0.6 is 0 Å². The molecule has 1 atom stereocenters. The molecule has 2 aromatic rings. The lowest BCUT2D eigenvalue weighted by Gasteiger charge is -2.25. The number of benzene rings is 2. The Labute approximate surface area is 137 Å². The van der Waals surface area contributed by atoms with Crippen molar-refractivity contribution < 1.29 is 17.9 Å². The fraction of sp³-hybridized carbons (Fsp3) is 0.294. The molecule has 0 spiro atoms. The molecule has 124 valence electrons. The van der Waals surface area contributed by atoms with Gasteiger partial charge in [0.2, 0.25) is 10.0 Å². The van der Waals surface area contributed by atoms with Gasteiger partial charge in [0.05, 0.1) is 19.1 Å². The minimum absolute atomic E-state index is 0.167. The normalized spacial score (nSPS) is 12.9. The monoisotopic (exact) mass is 335 g/mol. The highest BCUT2D eigenvalue weighted by Gasteiger charge is 2.27. The van der Waals surface area contributed by atoms with Crippen molar-refractivity contribution in [1.29, 1.82) is 0 Å². The van der Waals surface area contributed by atoms with Gasteiger partial charge in [-0.2, -0.15) is 4.31 Å². The van der Waals surface area contributed by atoms with Crippen LogP contribution in [0.15, 0.2) is 53.4 Å². The zero-order valence-electron chi connectivity index (χ0n) is 13.7. The molecule has 0 aromatic heterocycles. The second kappa shape index (κ2) is 7.02. The summed E-state index contributed by atoms with van der Waals surface area (Å²) in [7, 11) is 0.913. The van der Waals surface area contributed by atoms with Crippen molar-refractivity contribution in [3.05, 3.63) is 54.1 Å². The van der Waals surface area contributed by atoms with E-state index in [1.54, 1.807) is 13.1 Å². The molecule has 0 N–H and O–H groups in total. The summed E-state index contributed by atoms with van der Waals surface area (Å²) in [6.45, 7) is 1.85. The van der Waals surface area contributed by atoms with Gasteiger partial charge in [0.1, 0.15) is 0 Å². The lowest BCUT2D eigenvalue weighted by Crippen LogP contribution is -2.29. The summed E-state index contributed by atoms with van der Waals surface area (Å²) in [6, 6.07) is 13.8. The molecule has 0 saturated carbocycles. The van der Waals surface area contributed by atoms with Crippen LogP contribution < -0.4 is 9.47 Å². The van der Waals surface area contributed by atoms with Gasteiger partial charge in [0.25, 0.3) is 0 Å². The van der Waals surface area contributed by atoms with Gasteiger partial charge >= 0.3 is 0 Å². The van der Waals surface area contributed by atoms with E-state index in [-0.39, 0.29) is 10.9 Å². The molecule has 6 heteroatoms. The number of hydrogen-bond donors (Lipinski definition) is 0. The lowest BCUT2D eigenvalue weighted by molar-refractivity contribution is 0.353. The molecular formula is C17H21NO4S. The van der Waals surface area contributed by atoms with Crippen LogP contribution in [0, 0.1) is 0 Å². The maximum atomic E-state index is 12.8. The smallest absolute Gasteiger partial charge is 0.243 e. The maximum Gasteiger partial charge on any atom is 0.243 e. The summed E-state index contributed by atoms with van der Waals surface area (Å²) in [5, 5.41) is 0. The summed E-state index contributed by atoms with van der Waals surface area (Å²) in [5.74, 6) is 0.875. The molecule has 2 rings (SSSR count). The number of sulfonamides is 1.